The van der Waals surface area contributed by atoms with Crippen LogP contribution in [-0.4, -0.2) is 30.4 Å². The fourth-order valence-electron chi connectivity index (χ4n) is 3.52. The number of benzene rings is 3. The molecule has 0 aliphatic heterocycles. The van der Waals surface area contributed by atoms with Crippen LogP contribution in [-0.2, 0) is 11.8 Å². The van der Waals surface area contributed by atoms with E-state index in [-0.39, 0.29) is 12.5 Å². The highest BCUT2D eigenvalue weighted by atomic mass is 16.5. The van der Waals surface area contributed by atoms with Gasteiger partial charge in [0.2, 0.25) is 0 Å². The van der Waals surface area contributed by atoms with Crippen molar-refractivity contribution in [2.75, 3.05) is 13.7 Å². The highest BCUT2D eigenvalue weighted by Crippen LogP contribution is 2.31. The van der Waals surface area contributed by atoms with Crippen molar-refractivity contribution in [1.82, 2.24) is 9.99 Å². The topological polar surface area (TPSA) is 64.8 Å². The number of aryl methyl sites for hydroxylation is 1. The molecule has 0 saturated heterocycles. The first-order valence-corrected chi connectivity index (χ1v) is 9.89. The van der Waals surface area contributed by atoms with Gasteiger partial charge in [0.25, 0.3) is 5.91 Å². The Bertz CT molecular complexity index is 1210. The average Bonchev–Trinajstić information content (AvgIpc) is 3.10. The van der Waals surface area contributed by atoms with Crippen LogP contribution in [0.25, 0.3) is 22.2 Å². The lowest BCUT2D eigenvalue weighted by molar-refractivity contribution is -0.123. The lowest BCUT2D eigenvalue weighted by Crippen LogP contribution is -2.24. The van der Waals surface area contributed by atoms with E-state index in [1.807, 2.05) is 37.4 Å². The van der Waals surface area contributed by atoms with E-state index in [0.717, 1.165) is 33.5 Å². The van der Waals surface area contributed by atoms with E-state index >= 15 is 0 Å². The molecule has 4 aromatic rings. The van der Waals surface area contributed by atoms with E-state index in [4.69, 9.17) is 9.47 Å². The molecule has 1 amide bonds. The van der Waals surface area contributed by atoms with E-state index in [9.17, 15) is 4.79 Å². The van der Waals surface area contributed by atoms with Gasteiger partial charge in [-0.2, -0.15) is 5.10 Å². The Hall–Kier alpha value is -4.06. The molecular weight excluding hydrogens is 390 g/mol. The highest BCUT2D eigenvalue weighted by Gasteiger charge is 2.15. The summed E-state index contributed by atoms with van der Waals surface area (Å²) < 4.78 is 12.7. The van der Waals surface area contributed by atoms with Crippen LogP contribution in [0.2, 0.25) is 0 Å². The maximum absolute atomic E-state index is 12.2. The second-order valence-electron chi connectivity index (χ2n) is 6.96. The smallest absolute Gasteiger partial charge is 0.277 e. The number of methoxy groups -OCH3 is 1. The zero-order valence-corrected chi connectivity index (χ0v) is 17.4. The standard InChI is InChI=1S/C25H23N3O3/c1-28-23-11-7-6-10-21(23)22(25(28)18-8-4-3-5-9-18)16-26-27-24(29)17-31-20-14-12-19(30-2)13-15-20/h3-16H,17H2,1-2H3,(H,27,29)/b26-16+. The molecule has 0 atom stereocenters. The number of fused-ring (bicyclic) bond motifs is 1. The van der Waals surface area contributed by atoms with Crippen LogP contribution >= 0.6 is 0 Å². The molecule has 0 saturated carbocycles. The summed E-state index contributed by atoms with van der Waals surface area (Å²) in [6, 6.07) is 25.3. The van der Waals surface area contributed by atoms with Crippen molar-refractivity contribution in [2.45, 2.75) is 0 Å². The molecule has 6 nitrogen and oxygen atoms in total. The van der Waals surface area contributed by atoms with Gasteiger partial charge in [-0.3, -0.25) is 4.79 Å². The van der Waals surface area contributed by atoms with Gasteiger partial charge in [0.15, 0.2) is 6.61 Å². The number of hydrogen-bond acceptors (Lipinski definition) is 4. The third kappa shape index (κ3) is 4.43. The zero-order chi connectivity index (χ0) is 21.6. The van der Waals surface area contributed by atoms with Crippen LogP contribution in [0.5, 0.6) is 11.5 Å². The molecule has 0 bridgehead atoms. The SMILES string of the molecule is COc1ccc(OCC(=O)N/N=C/c2c(-c3ccccc3)n(C)c3ccccc23)cc1. The molecule has 1 N–H and O–H groups in total. The molecular formula is C25H23N3O3. The summed E-state index contributed by atoms with van der Waals surface area (Å²) in [7, 11) is 3.63. The molecule has 1 heterocycles. The molecule has 1 aromatic heterocycles. The van der Waals surface area contributed by atoms with Crippen LogP contribution in [0.1, 0.15) is 5.56 Å². The predicted octanol–water partition coefficient (Wildman–Crippen LogP) is 4.38. The minimum atomic E-state index is -0.339. The van der Waals surface area contributed by atoms with Crippen LogP contribution in [0.3, 0.4) is 0 Å². The van der Waals surface area contributed by atoms with Crippen molar-refractivity contribution < 1.29 is 14.3 Å². The normalized spacial score (nSPS) is 11.0. The Morgan fingerprint density at radius 2 is 1.65 bits per heavy atom. The second-order valence-corrected chi connectivity index (χ2v) is 6.96. The second kappa shape index (κ2) is 9.17. The van der Waals surface area contributed by atoms with Gasteiger partial charge in [-0.1, -0.05) is 48.5 Å². The lowest BCUT2D eigenvalue weighted by atomic mass is 10.1. The molecule has 0 aliphatic rings. The number of ether oxygens (including phenoxy) is 2. The summed E-state index contributed by atoms with van der Waals surface area (Å²) in [6.07, 6.45) is 1.69. The summed E-state index contributed by atoms with van der Waals surface area (Å²) in [6.45, 7) is -0.134. The van der Waals surface area contributed by atoms with E-state index < -0.39 is 0 Å². The van der Waals surface area contributed by atoms with Crippen molar-refractivity contribution in [3.63, 3.8) is 0 Å². The number of para-hydroxylation sites is 1. The first-order valence-electron chi connectivity index (χ1n) is 9.89. The third-order valence-electron chi connectivity index (χ3n) is 5.01. The zero-order valence-electron chi connectivity index (χ0n) is 17.4. The van der Waals surface area contributed by atoms with E-state index in [1.165, 1.54) is 0 Å². The molecule has 156 valence electrons. The van der Waals surface area contributed by atoms with Crippen LogP contribution in [0.15, 0.2) is 84.0 Å². The molecule has 0 radical (unpaired) electrons. The van der Waals surface area contributed by atoms with Gasteiger partial charge in [0.05, 0.1) is 19.0 Å². The largest absolute Gasteiger partial charge is 0.497 e. The Morgan fingerprint density at radius 1 is 0.968 bits per heavy atom. The number of amides is 1. The summed E-state index contributed by atoms with van der Waals surface area (Å²) in [5.74, 6) is 0.972. The number of rotatable bonds is 7. The van der Waals surface area contributed by atoms with Crippen LogP contribution in [0, 0.1) is 0 Å². The maximum atomic E-state index is 12.2. The fourth-order valence-corrected chi connectivity index (χ4v) is 3.52. The lowest BCUT2D eigenvalue weighted by Gasteiger charge is -2.07. The number of hydrazone groups is 1. The number of hydrogen-bond donors (Lipinski definition) is 1. The average molecular weight is 413 g/mol. The van der Waals surface area contributed by atoms with Gasteiger partial charge in [-0.15, -0.1) is 0 Å². The van der Waals surface area contributed by atoms with E-state index in [2.05, 4.69) is 39.4 Å². The Balaban J connectivity index is 1.50. The minimum Gasteiger partial charge on any atom is -0.497 e. The van der Waals surface area contributed by atoms with Crippen molar-refractivity contribution in [3.8, 4) is 22.8 Å². The van der Waals surface area contributed by atoms with Gasteiger partial charge in [-0.05, 0) is 35.9 Å². The Labute approximate surface area is 180 Å². The quantitative estimate of drug-likeness (QED) is 0.361. The summed E-state index contributed by atoms with van der Waals surface area (Å²) in [5, 5.41) is 5.26. The number of aromatic nitrogens is 1. The van der Waals surface area contributed by atoms with Crippen molar-refractivity contribution in [1.29, 1.82) is 0 Å². The van der Waals surface area contributed by atoms with Gasteiger partial charge < -0.3 is 14.0 Å². The van der Waals surface area contributed by atoms with Crippen molar-refractivity contribution in [2.24, 2.45) is 12.1 Å². The first kappa shape index (κ1) is 20.2. The number of nitrogens with zero attached hydrogens (tertiary/aromatic N) is 2. The van der Waals surface area contributed by atoms with Gasteiger partial charge in [-0.25, -0.2) is 5.43 Å². The van der Waals surface area contributed by atoms with Crippen molar-refractivity contribution in [3.05, 3.63) is 84.4 Å². The summed E-state index contributed by atoms with van der Waals surface area (Å²) in [4.78, 5) is 12.2. The molecule has 0 aliphatic carbocycles. The minimum absolute atomic E-state index is 0.134. The molecule has 4 rings (SSSR count). The molecule has 0 fully saturated rings. The summed E-state index contributed by atoms with van der Waals surface area (Å²) in [5.41, 5.74) is 6.70. The highest BCUT2D eigenvalue weighted by molar-refractivity contribution is 6.06. The van der Waals surface area contributed by atoms with E-state index in [0.29, 0.717) is 5.75 Å². The van der Waals surface area contributed by atoms with Crippen molar-refractivity contribution >= 4 is 23.0 Å². The molecule has 0 spiro atoms. The number of carbonyl (C=O) groups is 1. The van der Waals surface area contributed by atoms with E-state index in [1.54, 1.807) is 37.6 Å². The van der Waals surface area contributed by atoms with Gasteiger partial charge in [0, 0.05) is 23.5 Å². The van der Waals surface area contributed by atoms with Gasteiger partial charge in [0.1, 0.15) is 11.5 Å². The Kier molecular flexibility index (Phi) is 5.98. The molecule has 0 unspecified atom stereocenters. The molecule has 6 heteroatoms. The van der Waals surface area contributed by atoms with Crippen LogP contribution < -0.4 is 14.9 Å². The Morgan fingerprint density at radius 3 is 2.39 bits per heavy atom. The number of nitrogens with one attached hydrogen (secondary N) is 1. The van der Waals surface area contributed by atoms with Crippen LogP contribution in [0.4, 0.5) is 0 Å². The van der Waals surface area contributed by atoms with Gasteiger partial charge >= 0.3 is 0 Å². The third-order valence-corrected chi connectivity index (χ3v) is 5.01. The fraction of sp³-hybridized carbons (Fsp3) is 0.120. The predicted molar refractivity (Wildman–Crippen MR) is 123 cm³/mol. The maximum Gasteiger partial charge on any atom is 0.277 e. The number of carbonyl (C=O) groups excluding carboxylic acids is 1. The monoisotopic (exact) mass is 413 g/mol. The molecule has 31 heavy (non-hydrogen) atoms. The first-order chi connectivity index (χ1) is 15.2. The summed E-state index contributed by atoms with van der Waals surface area (Å²) >= 11 is 0. The molecule has 3 aromatic carbocycles.